The van der Waals surface area contributed by atoms with Crippen LogP contribution in [-0.2, 0) is 4.74 Å². The average molecular weight is 507 g/mol. The van der Waals surface area contributed by atoms with Crippen LogP contribution >= 0.6 is 10.0 Å². The summed E-state index contributed by atoms with van der Waals surface area (Å²) >= 11 is 0. The van der Waals surface area contributed by atoms with Crippen LogP contribution in [0, 0.1) is 11.3 Å². The molecular weight excluding hydrogens is 452 g/mol. The molecule has 0 unspecified atom stereocenters. The van der Waals surface area contributed by atoms with Gasteiger partial charge in [0.05, 0.1) is 12.8 Å². The molecule has 0 aromatic carbocycles. The molecule has 202 valence electrons. The van der Waals surface area contributed by atoms with Crippen molar-refractivity contribution >= 4 is 10.0 Å². The van der Waals surface area contributed by atoms with E-state index in [1.165, 1.54) is 70.6 Å². The Balaban J connectivity index is 2.29. The number of rotatable bonds is 20. The minimum absolute atomic E-state index is 0.0104. The Kier molecular flexibility index (Phi) is 16.4. The van der Waals surface area contributed by atoms with Crippen LogP contribution in [0.4, 0.5) is 0 Å². The molecule has 0 aliphatic carbocycles. The summed E-state index contributed by atoms with van der Waals surface area (Å²) in [4.78, 5) is 4.15. The van der Waals surface area contributed by atoms with E-state index in [0.29, 0.717) is 22.8 Å². The van der Waals surface area contributed by atoms with Gasteiger partial charge < -0.3 is 9.47 Å². The molecule has 0 aliphatic rings. The van der Waals surface area contributed by atoms with E-state index in [1.54, 1.807) is 12.3 Å². The van der Waals surface area contributed by atoms with Crippen molar-refractivity contribution in [1.29, 1.82) is 5.26 Å². The fourth-order valence-corrected chi connectivity index (χ4v) is 5.34. The number of hydrogen-bond acceptors (Lipinski definition) is 4. The van der Waals surface area contributed by atoms with E-state index in [2.05, 4.69) is 51.3 Å². The second-order valence-electron chi connectivity index (χ2n) is 11.3. The third-order valence-electron chi connectivity index (χ3n) is 7.21. The van der Waals surface area contributed by atoms with Gasteiger partial charge in [-0.05, 0) is 48.0 Å². The number of hydrogen-bond donors (Lipinski definition) is 0. The van der Waals surface area contributed by atoms with Crippen LogP contribution in [0.3, 0.4) is 0 Å². The molecule has 0 saturated heterocycles. The molecule has 0 saturated carbocycles. The Bertz CT molecular complexity index is 692. The molecule has 4 nitrogen and oxygen atoms in total. The number of nitriles is 1. The van der Waals surface area contributed by atoms with Crippen LogP contribution < -0.4 is 4.74 Å². The smallest absolute Gasteiger partial charge is 0.140 e. The Labute approximate surface area is 218 Å². The predicted octanol–water partition coefficient (Wildman–Crippen LogP) is 8.67. The van der Waals surface area contributed by atoms with Gasteiger partial charge in [-0.15, -0.1) is 0 Å². The van der Waals surface area contributed by atoms with Crippen LogP contribution in [0.2, 0.25) is 0 Å². The molecule has 0 aliphatic heterocycles. The summed E-state index contributed by atoms with van der Waals surface area (Å²) in [6.45, 7) is 10.7. The van der Waals surface area contributed by atoms with Crippen molar-refractivity contribution < 1.29 is 9.47 Å². The largest absolute Gasteiger partial charge is 0.486 e. The van der Waals surface area contributed by atoms with E-state index in [1.807, 2.05) is 6.07 Å². The molecule has 1 heterocycles. The molecule has 1 atom stereocenters. The van der Waals surface area contributed by atoms with Gasteiger partial charge in [0, 0.05) is 6.61 Å². The predicted molar refractivity (Wildman–Crippen MR) is 154 cm³/mol. The maximum Gasteiger partial charge on any atom is 0.140 e. The zero-order chi connectivity index (χ0) is 26.0. The van der Waals surface area contributed by atoms with Crippen molar-refractivity contribution in [3.8, 4) is 11.8 Å². The average Bonchev–Trinajstić information content (AvgIpc) is 2.82. The Morgan fingerprint density at radius 1 is 0.914 bits per heavy atom. The van der Waals surface area contributed by atoms with E-state index in [4.69, 9.17) is 14.7 Å². The first-order valence-electron chi connectivity index (χ1n) is 14.0. The summed E-state index contributed by atoms with van der Waals surface area (Å²) in [6.07, 6.45) is 23.7. The normalized spacial score (nSPS) is 13.4. The lowest BCUT2D eigenvalue weighted by Crippen LogP contribution is -2.30. The molecule has 0 spiro atoms. The fraction of sp³-hybridized carbons (Fsp3) is 0.800. The van der Waals surface area contributed by atoms with Gasteiger partial charge in [-0.25, -0.2) is 15.0 Å². The number of unbranched alkanes of at least 4 members (excludes halogenated alkanes) is 11. The molecule has 1 aromatic heterocycles. The molecule has 5 heteroatoms. The zero-order valence-electron chi connectivity index (χ0n) is 23.7. The highest BCUT2D eigenvalue weighted by molar-refractivity contribution is 8.33. The molecule has 0 amide bonds. The van der Waals surface area contributed by atoms with Gasteiger partial charge in [-0.3, -0.25) is 0 Å². The fourth-order valence-electron chi connectivity index (χ4n) is 3.88. The number of ether oxygens (including phenoxy) is 2. The molecule has 0 radical (unpaired) electrons. The topological polar surface area (TPSA) is 55.1 Å². The summed E-state index contributed by atoms with van der Waals surface area (Å²) < 4.78 is 12.6. The minimum Gasteiger partial charge on any atom is -0.486 e. The lowest BCUT2D eigenvalue weighted by atomic mass is 10.1. The monoisotopic (exact) mass is 506 g/mol. The van der Waals surface area contributed by atoms with E-state index < -0.39 is 10.0 Å². The van der Waals surface area contributed by atoms with Crippen molar-refractivity contribution in [1.82, 2.24) is 4.98 Å². The van der Waals surface area contributed by atoms with Crippen LogP contribution in [0.5, 0.6) is 5.75 Å². The first kappa shape index (κ1) is 31.8. The lowest BCUT2D eigenvalue weighted by Gasteiger charge is -2.45. The summed E-state index contributed by atoms with van der Waals surface area (Å²) in [7, 11) is -0.749. The minimum atomic E-state index is -0.749. The van der Waals surface area contributed by atoms with E-state index in [-0.39, 0.29) is 6.10 Å². The second kappa shape index (κ2) is 18.1. The van der Waals surface area contributed by atoms with Crippen LogP contribution in [-0.4, -0.2) is 47.3 Å². The molecule has 0 fully saturated rings. The highest BCUT2D eigenvalue weighted by atomic mass is 32.3. The van der Waals surface area contributed by atoms with Gasteiger partial charge in [0.1, 0.15) is 23.6 Å². The standard InChI is InChI=1S/C30H54N2O2S/c1-7-8-9-10-11-12-13-14-15-16-17-18-22-33-26-29(21-23-35(5,6)30(2,3)4)34-28-20-19-27(24-31)32-25-28/h19-20,25,29H,7-18,21-23,26H2,1-6H3/t29-/m0/s1. The van der Waals surface area contributed by atoms with Gasteiger partial charge in [0.25, 0.3) is 0 Å². The van der Waals surface area contributed by atoms with Gasteiger partial charge in [-0.1, -0.05) is 98.3 Å². The van der Waals surface area contributed by atoms with Gasteiger partial charge in [0.15, 0.2) is 0 Å². The maximum absolute atomic E-state index is 8.98. The number of aromatic nitrogens is 1. The quantitative estimate of drug-likeness (QED) is 0.166. The maximum atomic E-state index is 8.98. The van der Waals surface area contributed by atoms with Gasteiger partial charge in [-0.2, -0.15) is 5.26 Å². The van der Waals surface area contributed by atoms with Crippen molar-refractivity contribution in [3.63, 3.8) is 0 Å². The molecule has 1 rings (SSSR count). The van der Waals surface area contributed by atoms with Gasteiger partial charge >= 0.3 is 0 Å². The first-order chi connectivity index (χ1) is 16.7. The van der Waals surface area contributed by atoms with Crippen molar-refractivity contribution in [2.45, 2.75) is 122 Å². The highest BCUT2D eigenvalue weighted by Gasteiger charge is 2.28. The van der Waals surface area contributed by atoms with E-state index in [0.717, 1.165) is 25.2 Å². The van der Waals surface area contributed by atoms with Crippen LogP contribution in [0.15, 0.2) is 18.3 Å². The highest BCUT2D eigenvalue weighted by Crippen LogP contribution is 2.53. The molecule has 0 N–H and O–H groups in total. The first-order valence-corrected chi connectivity index (χ1v) is 16.6. The van der Waals surface area contributed by atoms with Crippen molar-refractivity contribution in [2.75, 3.05) is 31.5 Å². The molecule has 0 bridgehead atoms. The Morgan fingerprint density at radius 3 is 1.97 bits per heavy atom. The molecular formula is C30H54N2O2S. The van der Waals surface area contributed by atoms with Crippen molar-refractivity contribution in [3.05, 3.63) is 24.0 Å². The lowest BCUT2D eigenvalue weighted by molar-refractivity contribution is 0.0467. The molecule has 1 aromatic rings. The third kappa shape index (κ3) is 14.8. The van der Waals surface area contributed by atoms with Crippen molar-refractivity contribution in [2.24, 2.45) is 0 Å². The SMILES string of the molecule is CCCCCCCCCCCCCCOC[C@H](CCS(C)(C)C(C)(C)C)Oc1ccc(C#N)nc1. The summed E-state index contributed by atoms with van der Waals surface area (Å²) in [5.74, 6) is 1.86. The van der Waals surface area contributed by atoms with E-state index in [9.17, 15) is 0 Å². The molecule has 35 heavy (non-hydrogen) atoms. The Hall–Kier alpha value is -1.25. The summed E-state index contributed by atoms with van der Waals surface area (Å²) in [5.41, 5.74) is 0.412. The number of nitrogens with zero attached hydrogens (tertiary/aromatic N) is 2. The van der Waals surface area contributed by atoms with Crippen LogP contribution in [0.1, 0.15) is 117 Å². The van der Waals surface area contributed by atoms with Crippen LogP contribution in [0.25, 0.3) is 0 Å². The second-order valence-corrected chi connectivity index (χ2v) is 16.0. The summed E-state index contributed by atoms with van der Waals surface area (Å²) in [5, 5.41) is 8.98. The number of pyridine rings is 1. The van der Waals surface area contributed by atoms with Gasteiger partial charge in [0.2, 0.25) is 0 Å². The van der Waals surface area contributed by atoms with E-state index >= 15 is 0 Å². The third-order valence-corrected chi connectivity index (χ3v) is 11.8. The Morgan fingerprint density at radius 2 is 1.49 bits per heavy atom. The summed E-state index contributed by atoms with van der Waals surface area (Å²) in [6, 6.07) is 5.61. The zero-order valence-corrected chi connectivity index (χ0v) is 24.6.